The van der Waals surface area contributed by atoms with Crippen molar-refractivity contribution >= 4 is 46.2 Å². The number of hydrogen-bond acceptors (Lipinski definition) is 7. The monoisotopic (exact) mass is 393 g/mol. The molecule has 1 aromatic carbocycles. The summed E-state index contributed by atoms with van der Waals surface area (Å²) in [6.45, 7) is 0. The molecule has 1 N–H and O–H groups in total. The van der Waals surface area contributed by atoms with E-state index in [1.165, 1.54) is 0 Å². The van der Waals surface area contributed by atoms with Crippen LogP contribution in [0, 0.1) is 0 Å². The predicted molar refractivity (Wildman–Crippen MR) is 106 cm³/mol. The minimum atomic E-state index is 0.0307. The SMILES string of the molecule is CN1[C@@H]2SC[C@H]1C(=O)N1[C@@H]2CS[C@@H]1[C@H]1CSC(c2ccccc2O)=N1. The van der Waals surface area contributed by atoms with Crippen LogP contribution in [0.2, 0.25) is 0 Å². The molecule has 0 aliphatic carbocycles. The van der Waals surface area contributed by atoms with Gasteiger partial charge in [0.2, 0.25) is 5.91 Å². The first-order valence-electron chi connectivity index (χ1n) is 8.41. The zero-order valence-corrected chi connectivity index (χ0v) is 16.2. The molecule has 8 heteroatoms. The number of carbonyl (C=O) groups is 1. The van der Waals surface area contributed by atoms with Gasteiger partial charge in [0, 0.05) is 22.8 Å². The van der Waals surface area contributed by atoms with Gasteiger partial charge in [-0.05, 0) is 19.2 Å². The second-order valence-corrected chi connectivity index (χ2v) is 10.1. The quantitative estimate of drug-likeness (QED) is 0.828. The molecule has 132 valence electrons. The number of likely N-dealkylation sites (N-methyl/N-ethyl adjacent to an activating group) is 1. The number of para-hydroxylation sites is 1. The van der Waals surface area contributed by atoms with Gasteiger partial charge in [-0.3, -0.25) is 14.7 Å². The van der Waals surface area contributed by atoms with Crippen molar-refractivity contribution in [3.63, 3.8) is 0 Å². The largest absolute Gasteiger partial charge is 0.507 e. The number of rotatable bonds is 2. The number of aliphatic imine (C=N–C) groups is 1. The maximum Gasteiger partial charge on any atom is 0.242 e. The molecule has 0 spiro atoms. The zero-order valence-electron chi connectivity index (χ0n) is 13.7. The molecule has 0 unspecified atom stereocenters. The molecule has 2 bridgehead atoms. The third kappa shape index (κ3) is 2.44. The van der Waals surface area contributed by atoms with Crippen molar-refractivity contribution in [1.29, 1.82) is 0 Å². The molecule has 0 radical (unpaired) electrons. The van der Waals surface area contributed by atoms with Crippen molar-refractivity contribution in [3.05, 3.63) is 29.8 Å². The van der Waals surface area contributed by atoms with E-state index in [1.54, 1.807) is 17.8 Å². The lowest BCUT2D eigenvalue weighted by molar-refractivity contribution is -0.143. The van der Waals surface area contributed by atoms with E-state index in [-0.39, 0.29) is 29.1 Å². The number of nitrogens with zero attached hydrogens (tertiary/aromatic N) is 3. The summed E-state index contributed by atoms with van der Waals surface area (Å²) in [6.07, 6.45) is 0. The van der Waals surface area contributed by atoms with Gasteiger partial charge in [0.15, 0.2) is 0 Å². The number of hydrogen-bond donors (Lipinski definition) is 1. The molecule has 4 aliphatic heterocycles. The first-order valence-corrected chi connectivity index (χ1v) is 11.5. The summed E-state index contributed by atoms with van der Waals surface area (Å²) in [5.41, 5.74) is 0.801. The average molecular weight is 394 g/mol. The summed E-state index contributed by atoms with van der Waals surface area (Å²) < 4.78 is 0. The second-order valence-electron chi connectivity index (χ2n) is 6.77. The van der Waals surface area contributed by atoms with Gasteiger partial charge in [-0.25, -0.2) is 0 Å². The molecular formula is C17H19N3O2S3. The van der Waals surface area contributed by atoms with E-state index >= 15 is 0 Å². The van der Waals surface area contributed by atoms with Crippen molar-refractivity contribution in [2.24, 2.45) is 4.99 Å². The number of phenols is 1. The lowest BCUT2D eigenvalue weighted by Gasteiger charge is -2.42. The Morgan fingerprint density at radius 1 is 1.16 bits per heavy atom. The van der Waals surface area contributed by atoms with Crippen LogP contribution < -0.4 is 0 Å². The predicted octanol–water partition coefficient (Wildman–Crippen LogP) is 1.91. The third-order valence-electron chi connectivity index (χ3n) is 5.39. The highest BCUT2D eigenvalue weighted by molar-refractivity contribution is 8.14. The van der Waals surface area contributed by atoms with Crippen LogP contribution in [-0.4, -0.2) is 79.0 Å². The van der Waals surface area contributed by atoms with Crippen LogP contribution in [0.25, 0.3) is 0 Å². The number of amides is 1. The molecule has 4 aliphatic rings. The van der Waals surface area contributed by atoms with Gasteiger partial charge in [-0.1, -0.05) is 12.1 Å². The topological polar surface area (TPSA) is 56.1 Å². The summed E-state index contributed by atoms with van der Waals surface area (Å²) in [4.78, 5) is 22.3. The molecule has 5 atom stereocenters. The van der Waals surface area contributed by atoms with Crippen LogP contribution in [0.5, 0.6) is 5.75 Å². The number of fused-ring (bicyclic) bond motifs is 4. The molecular weight excluding hydrogens is 374 g/mol. The summed E-state index contributed by atoms with van der Waals surface area (Å²) in [5.74, 6) is 3.33. The van der Waals surface area contributed by atoms with Crippen molar-refractivity contribution < 1.29 is 9.90 Å². The van der Waals surface area contributed by atoms with Crippen LogP contribution in [0.3, 0.4) is 0 Å². The molecule has 1 aromatic rings. The zero-order chi connectivity index (χ0) is 17.1. The first-order chi connectivity index (χ1) is 12.1. The molecule has 3 saturated heterocycles. The Kier molecular flexibility index (Phi) is 4.00. The highest BCUT2D eigenvalue weighted by Gasteiger charge is 2.56. The number of phenolic OH excluding ortho intramolecular Hbond substituents is 1. The maximum atomic E-state index is 13.0. The molecule has 5 rings (SSSR count). The van der Waals surface area contributed by atoms with Crippen LogP contribution in [0.15, 0.2) is 29.3 Å². The van der Waals surface area contributed by atoms with Crippen LogP contribution >= 0.6 is 35.3 Å². The van der Waals surface area contributed by atoms with Crippen molar-refractivity contribution in [3.8, 4) is 5.75 Å². The maximum absolute atomic E-state index is 13.0. The lowest BCUT2D eigenvalue weighted by Crippen LogP contribution is -2.62. The van der Waals surface area contributed by atoms with Gasteiger partial charge >= 0.3 is 0 Å². The average Bonchev–Trinajstić information content (AvgIpc) is 3.30. The van der Waals surface area contributed by atoms with Crippen LogP contribution in [-0.2, 0) is 4.79 Å². The summed E-state index contributed by atoms with van der Waals surface area (Å²) in [5, 5.41) is 11.5. The van der Waals surface area contributed by atoms with Crippen molar-refractivity contribution in [2.75, 3.05) is 24.3 Å². The smallest absolute Gasteiger partial charge is 0.242 e. The Balaban J connectivity index is 1.42. The lowest BCUT2D eigenvalue weighted by atomic mass is 10.1. The van der Waals surface area contributed by atoms with Gasteiger partial charge in [-0.2, -0.15) is 0 Å². The minimum absolute atomic E-state index is 0.0307. The summed E-state index contributed by atoms with van der Waals surface area (Å²) in [6, 6.07) is 7.78. The molecule has 5 nitrogen and oxygen atoms in total. The number of aromatic hydroxyl groups is 1. The Labute approximate surface area is 159 Å². The second kappa shape index (κ2) is 6.11. The van der Waals surface area contributed by atoms with Crippen molar-refractivity contribution in [1.82, 2.24) is 9.80 Å². The van der Waals surface area contributed by atoms with E-state index < -0.39 is 0 Å². The van der Waals surface area contributed by atoms with Gasteiger partial charge in [0.25, 0.3) is 0 Å². The van der Waals surface area contributed by atoms with Gasteiger partial charge in [0.1, 0.15) is 16.2 Å². The van der Waals surface area contributed by atoms with E-state index in [0.717, 1.165) is 27.9 Å². The number of carbonyl (C=O) groups excluding carboxylic acids is 1. The molecule has 0 aromatic heterocycles. The fourth-order valence-corrected chi connectivity index (χ4v) is 8.58. The Morgan fingerprint density at radius 2 is 1.96 bits per heavy atom. The Bertz CT molecular complexity index is 758. The standard InChI is InChI=1S/C17H19N3O2S3/c1-19-11-7-25-17(19)12-8-24-16(20(12)15(11)22)10-6-23-14(18-10)9-4-2-3-5-13(9)21/h2-5,10-12,16-17,21H,6-8H2,1H3/t10-,11+,12-,16-,17-/m1/s1. The number of thioether (sulfide) groups is 3. The first kappa shape index (κ1) is 16.4. The fourth-order valence-electron chi connectivity index (χ4n) is 4.09. The van der Waals surface area contributed by atoms with E-state index in [9.17, 15) is 9.90 Å². The van der Waals surface area contributed by atoms with E-state index in [0.29, 0.717) is 11.4 Å². The molecule has 0 saturated carbocycles. The van der Waals surface area contributed by atoms with E-state index in [1.807, 2.05) is 41.7 Å². The molecule has 25 heavy (non-hydrogen) atoms. The molecule has 4 heterocycles. The van der Waals surface area contributed by atoms with Crippen LogP contribution in [0.4, 0.5) is 0 Å². The van der Waals surface area contributed by atoms with Crippen LogP contribution in [0.1, 0.15) is 5.56 Å². The van der Waals surface area contributed by atoms with E-state index in [2.05, 4.69) is 16.8 Å². The van der Waals surface area contributed by atoms with Gasteiger partial charge in [0.05, 0.1) is 23.5 Å². The normalized spacial score (nSPS) is 37.5. The highest BCUT2D eigenvalue weighted by atomic mass is 32.2. The Morgan fingerprint density at radius 3 is 2.80 bits per heavy atom. The number of piperazine rings is 1. The minimum Gasteiger partial charge on any atom is -0.507 e. The Hall–Kier alpha value is -0.830. The van der Waals surface area contributed by atoms with E-state index in [4.69, 9.17) is 4.99 Å². The fraction of sp³-hybridized carbons (Fsp3) is 0.529. The van der Waals surface area contributed by atoms with Gasteiger partial charge in [-0.15, -0.1) is 35.3 Å². The number of benzene rings is 1. The highest BCUT2D eigenvalue weighted by Crippen LogP contribution is 2.47. The summed E-state index contributed by atoms with van der Waals surface area (Å²) in [7, 11) is 2.09. The summed E-state index contributed by atoms with van der Waals surface area (Å²) >= 11 is 5.48. The van der Waals surface area contributed by atoms with Gasteiger partial charge < -0.3 is 10.0 Å². The molecule has 3 fully saturated rings. The van der Waals surface area contributed by atoms with Crippen molar-refractivity contribution in [2.45, 2.75) is 28.9 Å². The molecule has 1 amide bonds. The third-order valence-corrected chi connectivity index (χ3v) is 9.41.